The van der Waals surface area contributed by atoms with Crippen LogP contribution in [0.5, 0.6) is 17.2 Å². The molecule has 33 heavy (non-hydrogen) atoms. The lowest BCUT2D eigenvalue weighted by atomic mass is 10.1. The van der Waals surface area contributed by atoms with Crippen molar-refractivity contribution in [1.82, 2.24) is 10.2 Å². The van der Waals surface area contributed by atoms with Crippen LogP contribution in [0.25, 0.3) is 6.08 Å². The Hall–Kier alpha value is -3.42. The van der Waals surface area contributed by atoms with Gasteiger partial charge in [0, 0.05) is 4.47 Å². The van der Waals surface area contributed by atoms with Crippen molar-refractivity contribution in [3.8, 4) is 23.3 Å². The van der Waals surface area contributed by atoms with Crippen LogP contribution in [0.15, 0.2) is 52.5 Å². The molecule has 10 heteroatoms. The van der Waals surface area contributed by atoms with Gasteiger partial charge in [-0.15, -0.1) is 10.2 Å². The third kappa shape index (κ3) is 7.03. The minimum Gasteiger partial charge on any atom is -0.493 e. The Bertz CT molecular complexity index is 1170. The molecule has 0 bridgehead atoms. The molecule has 0 radical (unpaired) electrons. The van der Waals surface area contributed by atoms with Crippen LogP contribution in [0.2, 0.25) is 0 Å². The number of aryl methyl sites for hydroxylation is 1. The van der Waals surface area contributed by atoms with Crippen molar-refractivity contribution in [1.29, 1.82) is 5.26 Å². The van der Waals surface area contributed by atoms with Crippen molar-refractivity contribution in [2.45, 2.75) is 13.3 Å². The second kappa shape index (κ2) is 12.0. The number of anilines is 1. The Morgan fingerprint density at radius 1 is 1.15 bits per heavy atom. The number of nitriles is 1. The quantitative estimate of drug-likeness (QED) is 0.227. The Labute approximate surface area is 204 Å². The molecule has 0 saturated heterocycles. The number of aromatic nitrogens is 2. The predicted molar refractivity (Wildman–Crippen MR) is 130 cm³/mol. The molecule has 2 aromatic carbocycles. The first kappa shape index (κ1) is 24.2. The van der Waals surface area contributed by atoms with E-state index in [1.165, 1.54) is 24.5 Å². The highest BCUT2D eigenvalue weighted by Crippen LogP contribution is 2.29. The first-order chi connectivity index (χ1) is 16.0. The summed E-state index contributed by atoms with van der Waals surface area (Å²) in [6, 6.07) is 14.6. The van der Waals surface area contributed by atoms with Crippen LogP contribution >= 0.6 is 27.3 Å². The highest BCUT2D eigenvalue weighted by atomic mass is 79.9. The van der Waals surface area contributed by atoms with Crippen molar-refractivity contribution in [2.75, 3.05) is 25.6 Å². The van der Waals surface area contributed by atoms with E-state index in [9.17, 15) is 10.1 Å². The summed E-state index contributed by atoms with van der Waals surface area (Å²) in [7, 11) is 1.52. The zero-order valence-electron chi connectivity index (χ0n) is 18.0. The summed E-state index contributed by atoms with van der Waals surface area (Å²) in [4.78, 5) is 12.4. The van der Waals surface area contributed by atoms with Gasteiger partial charge in [-0.05, 0) is 54.5 Å². The maximum Gasteiger partial charge on any atom is 0.268 e. The molecule has 8 nitrogen and oxygen atoms in total. The van der Waals surface area contributed by atoms with E-state index < -0.39 is 5.91 Å². The van der Waals surface area contributed by atoms with Gasteiger partial charge in [0.15, 0.2) is 11.5 Å². The summed E-state index contributed by atoms with van der Waals surface area (Å²) < 4.78 is 17.8. The number of hydrogen-bond donors (Lipinski definition) is 1. The number of rotatable bonds is 10. The first-order valence-corrected chi connectivity index (χ1v) is 11.6. The maximum atomic E-state index is 12.4. The van der Waals surface area contributed by atoms with Gasteiger partial charge in [0.2, 0.25) is 5.13 Å². The molecule has 3 rings (SSSR count). The maximum absolute atomic E-state index is 12.4. The summed E-state index contributed by atoms with van der Waals surface area (Å²) in [6.07, 6.45) is 2.19. The summed E-state index contributed by atoms with van der Waals surface area (Å²) in [5, 5.41) is 21.0. The van der Waals surface area contributed by atoms with Crippen LogP contribution in [0.4, 0.5) is 5.13 Å². The minimum atomic E-state index is -0.555. The monoisotopic (exact) mass is 528 g/mol. The number of halogens is 1. The van der Waals surface area contributed by atoms with Gasteiger partial charge in [0.05, 0.1) is 7.11 Å². The van der Waals surface area contributed by atoms with Crippen molar-refractivity contribution in [3.05, 3.63) is 63.1 Å². The first-order valence-electron chi connectivity index (χ1n) is 9.97. The van der Waals surface area contributed by atoms with Gasteiger partial charge in [-0.2, -0.15) is 5.26 Å². The molecule has 1 aromatic heterocycles. The lowest BCUT2D eigenvalue weighted by molar-refractivity contribution is -0.112. The standard InChI is InChI=1S/C23H21BrN4O4S/c1-3-21-27-28-23(33-21)26-22(29)16(14-25)12-15-4-9-19(20(13-15)30-2)32-11-10-31-18-7-5-17(24)6-8-18/h4-9,12-13H,3,10-11H2,1-2H3,(H,26,28,29)/b16-12-. The van der Waals surface area contributed by atoms with Crippen LogP contribution in [-0.2, 0) is 11.2 Å². The van der Waals surface area contributed by atoms with Crippen molar-refractivity contribution in [3.63, 3.8) is 0 Å². The van der Waals surface area contributed by atoms with Gasteiger partial charge in [-0.25, -0.2) is 0 Å². The molecule has 170 valence electrons. The lowest BCUT2D eigenvalue weighted by Gasteiger charge is -2.12. The van der Waals surface area contributed by atoms with E-state index in [-0.39, 0.29) is 5.57 Å². The highest BCUT2D eigenvalue weighted by molar-refractivity contribution is 9.10. The van der Waals surface area contributed by atoms with E-state index in [4.69, 9.17) is 14.2 Å². The van der Waals surface area contributed by atoms with E-state index in [0.717, 1.165) is 21.7 Å². The third-order valence-corrected chi connectivity index (χ3v) is 5.79. The van der Waals surface area contributed by atoms with Gasteiger partial charge in [-0.1, -0.05) is 40.3 Å². The summed E-state index contributed by atoms with van der Waals surface area (Å²) in [5.41, 5.74) is 0.547. The number of methoxy groups -OCH3 is 1. The molecule has 0 aliphatic heterocycles. The molecule has 0 unspecified atom stereocenters. The molecule has 0 spiro atoms. The van der Waals surface area contributed by atoms with Crippen LogP contribution in [0.1, 0.15) is 17.5 Å². The number of nitrogens with zero attached hydrogens (tertiary/aromatic N) is 3. The van der Waals surface area contributed by atoms with Gasteiger partial charge in [0.1, 0.15) is 35.6 Å². The highest BCUT2D eigenvalue weighted by Gasteiger charge is 2.13. The summed E-state index contributed by atoms with van der Waals surface area (Å²) in [6.45, 7) is 2.62. The van der Waals surface area contributed by atoms with E-state index >= 15 is 0 Å². The summed E-state index contributed by atoms with van der Waals surface area (Å²) >= 11 is 4.65. The smallest absolute Gasteiger partial charge is 0.268 e. The number of nitrogens with one attached hydrogen (secondary N) is 1. The fraction of sp³-hybridized carbons (Fsp3) is 0.217. The normalized spacial score (nSPS) is 10.9. The van der Waals surface area contributed by atoms with Gasteiger partial charge in [0.25, 0.3) is 5.91 Å². The second-order valence-electron chi connectivity index (χ2n) is 6.54. The molecule has 0 saturated carbocycles. The molecule has 1 N–H and O–H groups in total. The number of ether oxygens (including phenoxy) is 3. The van der Waals surface area contributed by atoms with E-state index in [1.54, 1.807) is 18.2 Å². The topological polar surface area (TPSA) is 106 Å². The molecule has 0 atom stereocenters. The zero-order valence-corrected chi connectivity index (χ0v) is 20.4. The van der Waals surface area contributed by atoms with Crippen molar-refractivity contribution in [2.24, 2.45) is 0 Å². The Kier molecular flexibility index (Phi) is 8.80. The molecule has 1 amide bonds. The number of benzene rings is 2. The number of hydrogen-bond acceptors (Lipinski definition) is 8. The number of carbonyl (C=O) groups is 1. The van der Waals surface area contributed by atoms with Gasteiger partial charge < -0.3 is 14.2 Å². The molecule has 0 aliphatic rings. The van der Waals surface area contributed by atoms with Crippen LogP contribution in [0, 0.1) is 11.3 Å². The fourth-order valence-electron chi connectivity index (χ4n) is 2.66. The van der Waals surface area contributed by atoms with Gasteiger partial charge in [-0.3, -0.25) is 10.1 Å². The molecular weight excluding hydrogens is 508 g/mol. The van der Waals surface area contributed by atoms with Crippen LogP contribution in [0.3, 0.4) is 0 Å². The fourth-order valence-corrected chi connectivity index (χ4v) is 3.60. The largest absolute Gasteiger partial charge is 0.493 e. The van der Waals surface area contributed by atoms with Crippen molar-refractivity contribution >= 4 is 44.4 Å². The lowest BCUT2D eigenvalue weighted by Crippen LogP contribution is -2.13. The van der Waals surface area contributed by atoms with E-state index in [0.29, 0.717) is 35.4 Å². The third-order valence-electron chi connectivity index (χ3n) is 4.28. The van der Waals surface area contributed by atoms with Crippen LogP contribution < -0.4 is 19.5 Å². The van der Waals surface area contributed by atoms with Crippen LogP contribution in [-0.4, -0.2) is 36.4 Å². The SMILES string of the molecule is CCc1nnc(NC(=O)/C(C#N)=C\c2ccc(OCCOc3ccc(Br)cc3)c(OC)c2)s1. The molecule has 0 fully saturated rings. The Morgan fingerprint density at radius 3 is 2.58 bits per heavy atom. The Morgan fingerprint density at radius 2 is 1.91 bits per heavy atom. The number of amides is 1. The van der Waals surface area contributed by atoms with E-state index in [1.807, 2.05) is 37.3 Å². The zero-order chi connectivity index (χ0) is 23.6. The number of carbonyl (C=O) groups excluding carboxylic acids is 1. The second-order valence-corrected chi connectivity index (χ2v) is 8.52. The average Bonchev–Trinajstić information content (AvgIpc) is 3.29. The van der Waals surface area contributed by atoms with Gasteiger partial charge >= 0.3 is 0 Å². The van der Waals surface area contributed by atoms with E-state index in [2.05, 4.69) is 31.4 Å². The molecular formula is C23H21BrN4O4S. The van der Waals surface area contributed by atoms with Crippen molar-refractivity contribution < 1.29 is 19.0 Å². The molecule has 3 aromatic rings. The molecule has 1 heterocycles. The molecule has 0 aliphatic carbocycles. The minimum absolute atomic E-state index is 0.0677. The average molecular weight is 529 g/mol. The Balaban J connectivity index is 1.61. The predicted octanol–water partition coefficient (Wildman–Crippen LogP) is 4.88. The summed E-state index contributed by atoms with van der Waals surface area (Å²) in [5.74, 6) is 1.19.